The third-order valence-corrected chi connectivity index (χ3v) is 4.10. The molecule has 4 nitrogen and oxygen atoms in total. The average Bonchev–Trinajstić information content (AvgIpc) is 2.92. The summed E-state index contributed by atoms with van der Waals surface area (Å²) in [6.45, 7) is 10.6. The summed E-state index contributed by atoms with van der Waals surface area (Å²) in [7, 11) is 0. The van der Waals surface area contributed by atoms with Crippen LogP contribution in [0.1, 0.15) is 51.3 Å². The molecule has 1 heterocycles. The minimum absolute atomic E-state index is 0.0994. The lowest BCUT2D eigenvalue weighted by atomic mass is 9.89. The summed E-state index contributed by atoms with van der Waals surface area (Å²) in [4.78, 5) is 0. The van der Waals surface area contributed by atoms with Crippen molar-refractivity contribution in [2.75, 3.05) is 13.2 Å². The smallest absolute Gasteiger partial charge is 0.0699 e. The second-order valence-corrected chi connectivity index (χ2v) is 7.22. The maximum Gasteiger partial charge on any atom is 0.0699 e. The normalized spacial score (nSPS) is 12.1. The van der Waals surface area contributed by atoms with Gasteiger partial charge in [0.15, 0.2) is 0 Å². The van der Waals surface area contributed by atoms with Crippen molar-refractivity contribution in [1.82, 2.24) is 15.1 Å². The number of aliphatic hydroxyl groups excluding tert-OH is 1. The Morgan fingerprint density at radius 2 is 1.91 bits per heavy atom. The molecule has 0 aliphatic carbocycles. The first kappa shape index (κ1) is 17.7. The van der Waals surface area contributed by atoms with Crippen LogP contribution in [0.25, 0.3) is 5.69 Å². The van der Waals surface area contributed by atoms with E-state index in [-0.39, 0.29) is 12.0 Å². The highest BCUT2D eigenvalue weighted by molar-refractivity contribution is 5.33. The molecule has 0 aliphatic rings. The highest BCUT2D eigenvalue weighted by Gasteiger charge is 2.18. The maximum atomic E-state index is 9.12. The van der Waals surface area contributed by atoms with E-state index in [1.54, 1.807) is 0 Å². The molecule has 2 N–H and O–H groups in total. The topological polar surface area (TPSA) is 50.1 Å². The SMILES string of the molecule is CC(C)c1nn(-c2ccccc2)cc1CNCC(C)(C)CCO. The summed E-state index contributed by atoms with van der Waals surface area (Å²) in [6, 6.07) is 10.2. The first-order valence-electron chi connectivity index (χ1n) is 8.38. The van der Waals surface area contributed by atoms with Crippen LogP contribution >= 0.6 is 0 Å². The van der Waals surface area contributed by atoms with Gasteiger partial charge in [-0.15, -0.1) is 0 Å². The summed E-state index contributed by atoms with van der Waals surface area (Å²) in [5.74, 6) is 0.391. The minimum atomic E-state index is 0.0994. The van der Waals surface area contributed by atoms with Crippen LogP contribution in [0.4, 0.5) is 0 Å². The highest BCUT2D eigenvalue weighted by atomic mass is 16.3. The zero-order valence-electron chi connectivity index (χ0n) is 14.7. The molecule has 0 fully saturated rings. The van der Waals surface area contributed by atoms with Gasteiger partial charge in [0.05, 0.1) is 11.4 Å². The molecule has 0 saturated heterocycles. The Morgan fingerprint density at radius 3 is 2.52 bits per heavy atom. The number of rotatable bonds is 8. The van der Waals surface area contributed by atoms with Crippen molar-refractivity contribution in [3.8, 4) is 5.69 Å². The predicted molar refractivity (Wildman–Crippen MR) is 94.8 cm³/mol. The van der Waals surface area contributed by atoms with Crippen LogP contribution in [-0.2, 0) is 6.54 Å². The van der Waals surface area contributed by atoms with E-state index < -0.39 is 0 Å². The zero-order valence-corrected chi connectivity index (χ0v) is 14.7. The molecule has 2 rings (SSSR count). The van der Waals surface area contributed by atoms with Crippen molar-refractivity contribution in [1.29, 1.82) is 0 Å². The van der Waals surface area contributed by atoms with Crippen molar-refractivity contribution >= 4 is 0 Å². The van der Waals surface area contributed by atoms with Gasteiger partial charge in [0.1, 0.15) is 0 Å². The van der Waals surface area contributed by atoms with E-state index in [9.17, 15) is 0 Å². The van der Waals surface area contributed by atoms with Crippen molar-refractivity contribution in [3.05, 3.63) is 47.8 Å². The van der Waals surface area contributed by atoms with E-state index >= 15 is 0 Å². The molecule has 2 aromatic rings. The zero-order chi connectivity index (χ0) is 16.9. The van der Waals surface area contributed by atoms with E-state index in [0.29, 0.717) is 5.92 Å². The van der Waals surface area contributed by atoms with Crippen LogP contribution in [0.15, 0.2) is 36.5 Å². The molecule has 0 spiro atoms. The molecule has 0 unspecified atom stereocenters. The van der Waals surface area contributed by atoms with Crippen LogP contribution in [-0.4, -0.2) is 28.0 Å². The molecule has 1 aromatic carbocycles. The van der Waals surface area contributed by atoms with Crippen LogP contribution in [0, 0.1) is 5.41 Å². The molecule has 126 valence electrons. The summed E-state index contributed by atoms with van der Waals surface area (Å²) < 4.78 is 1.96. The summed E-state index contributed by atoms with van der Waals surface area (Å²) in [5, 5.41) is 17.4. The summed E-state index contributed by atoms with van der Waals surface area (Å²) >= 11 is 0. The van der Waals surface area contributed by atoms with Crippen molar-refractivity contribution < 1.29 is 5.11 Å². The Labute approximate surface area is 139 Å². The first-order chi connectivity index (χ1) is 10.9. The quantitative estimate of drug-likeness (QED) is 0.784. The van der Waals surface area contributed by atoms with E-state index in [1.807, 2.05) is 22.9 Å². The van der Waals surface area contributed by atoms with Gasteiger partial charge in [-0.3, -0.25) is 0 Å². The summed E-state index contributed by atoms with van der Waals surface area (Å²) in [5.41, 5.74) is 3.56. The molecule has 0 aliphatic heterocycles. The average molecular weight is 315 g/mol. The standard InChI is InChI=1S/C19H29N3O/c1-15(2)18-16(12-20-14-19(3,4)10-11-23)13-22(21-18)17-8-6-5-7-9-17/h5-9,13,15,20,23H,10-12,14H2,1-4H3. The lowest BCUT2D eigenvalue weighted by Crippen LogP contribution is -2.30. The van der Waals surface area contributed by atoms with Gasteiger partial charge in [-0.2, -0.15) is 5.10 Å². The molecule has 0 amide bonds. The van der Waals surface area contributed by atoms with Crippen LogP contribution in [0.3, 0.4) is 0 Å². The Kier molecular flexibility index (Phi) is 5.97. The minimum Gasteiger partial charge on any atom is -0.396 e. The van der Waals surface area contributed by atoms with Gasteiger partial charge in [-0.1, -0.05) is 45.9 Å². The van der Waals surface area contributed by atoms with E-state index in [2.05, 4.69) is 51.3 Å². The number of hydrogen-bond acceptors (Lipinski definition) is 3. The van der Waals surface area contributed by atoms with Crippen molar-refractivity contribution in [2.45, 2.75) is 46.6 Å². The second kappa shape index (κ2) is 7.75. The Balaban J connectivity index is 2.10. The monoisotopic (exact) mass is 315 g/mol. The third-order valence-electron chi connectivity index (χ3n) is 4.10. The number of aromatic nitrogens is 2. The fourth-order valence-corrected chi connectivity index (χ4v) is 2.68. The molecular weight excluding hydrogens is 286 g/mol. The molecule has 4 heteroatoms. The lowest BCUT2D eigenvalue weighted by Gasteiger charge is -2.24. The third kappa shape index (κ3) is 4.91. The number of nitrogens with zero attached hydrogens (tertiary/aromatic N) is 2. The summed E-state index contributed by atoms with van der Waals surface area (Å²) in [6.07, 6.45) is 2.93. The molecule has 0 bridgehead atoms. The van der Waals surface area contributed by atoms with Gasteiger partial charge in [-0.05, 0) is 29.9 Å². The van der Waals surface area contributed by atoms with Gasteiger partial charge in [0, 0.05) is 31.5 Å². The van der Waals surface area contributed by atoms with Crippen LogP contribution < -0.4 is 5.32 Å². The molecule has 1 aromatic heterocycles. The van der Waals surface area contributed by atoms with E-state index in [1.165, 1.54) is 5.56 Å². The van der Waals surface area contributed by atoms with Gasteiger partial charge >= 0.3 is 0 Å². The lowest BCUT2D eigenvalue weighted by molar-refractivity contribution is 0.207. The number of aliphatic hydroxyl groups is 1. The number of nitrogens with one attached hydrogen (secondary N) is 1. The van der Waals surface area contributed by atoms with E-state index in [0.717, 1.165) is 30.9 Å². The fraction of sp³-hybridized carbons (Fsp3) is 0.526. The highest BCUT2D eigenvalue weighted by Crippen LogP contribution is 2.21. The van der Waals surface area contributed by atoms with Crippen molar-refractivity contribution in [2.24, 2.45) is 5.41 Å². The second-order valence-electron chi connectivity index (χ2n) is 7.22. The van der Waals surface area contributed by atoms with Crippen LogP contribution in [0.5, 0.6) is 0 Å². The molecule has 0 saturated carbocycles. The molecule has 0 radical (unpaired) electrons. The van der Waals surface area contributed by atoms with Gasteiger partial charge in [0.25, 0.3) is 0 Å². The van der Waals surface area contributed by atoms with Gasteiger partial charge in [-0.25, -0.2) is 4.68 Å². The van der Waals surface area contributed by atoms with Gasteiger partial charge < -0.3 is 10.4 Å². The molecule has 23 heavy (non-hydrogen) atoms. The molecule has 0 atom stereocenters. The van der Waals surface area contributed by atoms with Crippen LogP contribution in [0.2, 0.25) is 0 Å². The number of hydrogen-bond donors (Lipinski definition) is 2. The maximum absolute atomic E-state index is 9.12. The Morgan fingerprint density at radius 1 is 1.22 bits per heavy atom. The molecular formula is C19H29N3O. The Hall–Kier alpha value is -1.65. The van der Waals surface area contributed by atoms with E-state index in [4.69, 9.17) is 10.2 Å². The van der Waals surface area contributed by atoms with Gasteiger partial charge in [0.2, 0.25) is 0 Å². The predicted octanol–water partition coefficient (Wildman–Crippen LogP) is 3.49. The number of benzene rings is 1. The fourth-order valence-electron chi connectivity index (χ4n) is 2.68. The Bertz CT molecular complexity index is 602. The number of para-hydroxylation sites is 1. The van der Waals surface area contributed by atoms with Crippen molar-refractivity contribution in [3.63, 3.8) is 0 Å². The largest absolute Gasteiger partial charge is 0.396 e. The first-order valence-corrected chi connectivity index (χ1v) is 8.38.